The maximum Gasteiger partial charge on any atom is 0.139 e. The Bertz CT molecular complexity index is 524. The highest BCUT2D eigenvalue weighted by molar-refractivity contribution is 9.10. The first kappa shape index (κ1) is 10.9. The van der Waals surface area contributed by atoms with Gasteiger partial charge in [0.15, 0.2) is 0 Å². The second kappa shape index (κ2) is 4.13. The van der Waals surface area contributed by atoms with Gasteiger partial charge < -0.3 is 11.1 Å². The van der Waals surface area contributed by atoms with E-state index >= 15 is 0 Å². The van der Waals surface area contributed by atoms with Gasteiger partial charge in [-0.3, -0.25) is 4.68 Å². The molecule has 1 aromatic carbocycles. The van der Waals surface area contributed by atoms with Crippen molar-refractivity contribution in [2.24, 2.45) is 7.05 Å². The van der Waals surface area contributed by atoms with E-state index in [4.69, 9.17) is 5.73 Å². The van der Waals surface area contributed by atoms with E-state index in [9.17, 15) is 4.39 Å². The molecule has 4 nitrogen and oxygen atoms in total. The van der Waals surface area contributed by atoms with Gasteiger partial charge in [-0.05, 0) is 22.0 Å². The number of hydrogen-bond donors (Lipinski definition) is 2. The first-order valence-corrected chi connectivity index (χ1v) is 5.36. The van der Waals surface area contributed by atoms with Crippen LogP contribution in [-0.4, -0.2) is 9.78 Å². The summed E-state index contributed by atoms with van der Waals surface area (Å²) in [5.74, 6) is -0.361. The number of nitrogen functional groups attached to an aromatic ring is 1. The van der Waals surface area contributed by atoms with Gasteiger partial charge in [0.25, 0.3) is 0 Å². The number of halogens is 2. The Labute approximate surface area is 100 Å². The molecule has 0 unspecified atom stereocenters. The number of nitrogens with two attached hydrogens (primary N) is 1. The Balaban J connectivity index is 2.31. The van der Waals surface area contributed by atoms with Crippen molar-refractivity contribution in [3.8, 4) is 0 Å². The Kier molecular flexibility index (Phi) is 2.82. The summed E-state index contributed by atoms with van der Waals surface area (Å²) in [5, 5.41) is 6.98. The second-order valence-corrected chi connectivity index (χ2v) is 4.24. The Morgan fingerprint density at radius 2 is 2.25 bits per heavy atom. The molecule has 6 heteroatoms. The molecule has 0 spiro atoms. The van der Waals surface area contributed by atoms with E-state index in [0.717, 1.165) is 5.69 Å². The van der Waals surface area contributed by atoms with E-state index < -0.39 is 0 Å². The highest BCUT2D eigenvalue weighted by Crippen LogP contribution is 2.28. The molecule has 0 fully saturated rings. The third-order valence-electron chi connectivity index (χ3n) is 2.08. The van der Waals surface area contributed by atoms with Gasteiger partial charge >= 0.3 is 0 Å². The summed E-state index contributed by atoms with van der Waals surface area (Å²) in [5.41, 5.74) is 7.51. The van der Waals surface area contributed by atoms with Crippen LogP contribution < -0.4 is 11.1 Å². The summed E-state index contributed by atoms with van der Waals surface area (Å²) in [6.45, 7) is 0. The van der Waals surface area contributed by atoms with Gasteiger partial charge in [-0.2, -0.15) is 5.10 Å². The minimum absolute atomic E-state index is 0.349. The summed E-state index contributed by atoms with van der Waals surface area (Å²) >= 11 is 3.07. The smallest absolute Gasteiger partial charge is 0.139 e. The molecule has 0 radical (unpaired) electrons. The zero-order chi connectivity index (χ0) is 11.7. The number of anilines is 3. The molecule has 0 saturated heterocycles. The summed E-state index contributed by atoms with van der Waals surface area (Å²) in [7, 11) is 1.80. The maximum atomic E-state index is 13.3. The van der Waals surface area contributed by atoms with E-state index in [2.05, 4.69) is 26.3 Å². The summed E-state index contributed by atoms with van der Waals surface area (Å²) < 4.78 is 15.3. The minimum atomic E-state index is -0.361. The number of nitrogens with zero attached hydrogens (tertiary/aromatic N) is 2. The molecule has 0 aliphatic heterocycles. The van der Waals surface area contributed by atoms with Gasteiger partial charge in [0.05, 0.1) is 27.7 Å². The molecule has 1 heterocycles. The van der Waals surface area contributed by atoms with Crippen molar-refractivity contribution in [1.29, 1.82) is 0 Å². The number of benzene rings is 1. The van der Waals surface area contributed by atoms with E-state index in [1.807, 2.05) is 0 Å². The normalized spacial score (nSPS) is 10.4. The van der Waals surface area contributed by atoms with Crippen LogP contribution in [0.2, 0.25) is 0 Å². The number of nitrogens with one attached hydrogen (secondary N) is 1. The molecule has 1 aromatic heterocycles. The summed E-state index contributed by atoms with van der Waals surface area (Å²) in [6, 6.07) is 2.86. The van der Waals surface area contributed by atoms with Gasteiger partial charge in [-0.1, -0.05) is 0 Å². The lowest BCUT2D eigenvalue weighted by Gasteiger charge is -2.08. The van der Waals surface area contributed by atoms with Crippen LogP contribution in [-0.2, 0) is 7.05 Å². The molecular weight excluding hydrogens is 275 g/mol. The molecule has 0 aliphatic rings. The number of hydrogen-bond acceptors (Lipinski definition) is 3. The number of rotatable bonds is 2. The minimum Gasteiger partial charge on any atom is -0.397 e. The summed E-state index contributed by atoms with van der Waals surface area (Å²) in [4.78, 5) is 0. The van der Waals surface area contributed by atoms with E-state index in [1.54, 1.807) is 24.1 Å². The topological polar surface area (TPSA) is 55.9 Å². The molecule has 0 atom stereocenters. The fourth-order valence-electron chi connectivity index (χ4n) is 1.31. The SMILES string of the molecule is Cn1cc(Nc2cc(F)c(Br)cc2N)cn1. The Morgan fingerprint density at radius 1 is 1.50 bits per heavy atom. The first-order valence-electron chi connectivity index (χ1n) is 4.56. The van der Waals surface area contributed by atoms with Gasteiger partial charge in [-0.15, -0.1) is 0 Å². The maximum absolute atomic E-state index is 13.3. The standard InChI is InChI=1S/C10H10BrFN4/c1-16-5-6(4-14-16)15-10-3-8(12)7(11)2-9(10)13/h2-5,15H,13H2,1H3. The molecule has 0 bridgehead atoms. The van der Waals surface area contributed by atoms with E-state index in [-0.39, 0.29) is 5.82 Å². The van der Waals surface area contributed by atoms with Crippen molar-refractivity contribution < 1.29 is 4.39 Å². The fourth-order valence-corrected chi connectivity index (χ4v) is 1.67. The molecule has 16 heavy (non-hydrogen) atoms. The lowest BCUT2D eigenvalue weighted by molar-refractivity contribution is 0.622. The first-order chi connectivity index (χ1) is 7.56. The van der Waals surface area contributed by atoms with Gasteiger partial charge in [0, 0.05) is 19.3 Å². The van der Waals surface area contributed by atoms with Crippen molar-refractivity contribution in [2.45, 2.75) is 0 Å². The monoisotopic (exact) mass is 284 g/mol. The van der Waals surface area contributed by atoms with E-state index in [1.165, 1.54) is 12.1 Å². The van der Waals surface area contributed by atoms with Crippen LogP contribution in [0, 0.1) is 5.82 Å². The third-order valence-corrected chi connectivity index (χ3v) is 2.68. The van der Waals surface area contributed by atoms with Crippen LogP contribution in [0.3, 0.4) is 0 Å². The highest BCUT2D eigenvalue weighted by Gasteiger charge is 2.06. The van der Waals surface area contributed by atoms with Crippen molar-refractivity contribution in [3.63, 3.8) is 0 Å². The highest BCUT2D eigenvalue weighted by atomic mass is 79.9. The molecular formula is C10H10BrFN4. The van der Waals surface area contributed by atoms with Crippen molar-refractivity contribution in [3.05, 3.63) is 34.8 Å². The van der Waals surface area contributed by atoms with Crippen molar-refractivity contribution >= 4 is 33.0 Å². The Hall–Kier alpha value is -1.56. The second-order valence-electron chi connectivity index (χ2n) is 3.38. The fraction of sp³-hybridized carbons (Fsp3) is 0.100. The van der Waals surface area contributed by atoms with Crippen molar-refractivity contribution in [2.75, 3.05) is 11.1 Å². The Morgan fingerprint density at radius 3 is 2.88 bits per heavy atom. The number of aryl methyl sites for hydroxylation is 1. The molecule has 0 aliphatic carbocycles. The average Bonchev–Trinajstić information content (AvgIpc) is 2.60. The quantitative estimate of drug-likeness (QED) is 0.834. The summed E-state index contributed by atoms with van der Waals surface area (Å²) in [6.07, 6.45) is 3.42. The lowest BCUT2D eigenvalue weighted by atomic mass is 10.2. The van der Waals surface area contributed by atoms with Crippen LogP contribution in [0.1, 0.15) is 0 Å². The van der Waals surface area contributed by atoms with Crippen LogP contribution in [0.4, 0.5) is 21.5 Å². The third kappa shape index (κ3) is 2.16. The van der Waals surface area contributed by atoms with Crippen molar-refractivity contribution in [1.82, 2.24) is 9.78 Å². The van der Waals surface area contributed by atoms with Gasteiger partial charge in [-0.25, -0.2) is 4.39 Å². The molecule has 2 rings (SSSR count). The van der Waals surface area contributed by atoms with Gasteiger partial charge in [0.2, 0.25) is 0 Å². The zero-order valence-electron chi connectivity index (χ0n) is 8.54. The molecule has 2 aromatic rings. The van der Waals surface area contributed by atoms with Crippen LogP contribution in [0.25, 0.3) is 0 Å². The largest absolute Gasteiger partial charge is 0.397 e. The molecule has 3 N–H and O–H groups in total. The van der Waals surface area contributed by atoms with E-state index in [0.29, 0.717) is 15.8 Å². The molecule has 0 saturated carbocycles. The number of aromatic nitrogens is 2. The predicted molar refractivity (Wildman–Crippen MR) is 65.0 cm³/mol. The van der Waals surface area contributed by atoms with Crippen LogP contribution >= 0.6 is 15.9 Å². The van der Waals surface area contributed by atoms with Gasteiger partial charge in [0.1, 0.15) is 5.82 Å². The molecule has 84 valence electrons. The zero-order valence-corrected chi connectivity index (χ0v) is 10.1. The molecule has 0 amide bonds. The van der Waals surface area contributed by atoms with Crippen LogP contribution in [0.15, 0.2) is 29.0 Å². The van der Waals surface area contributed by atoms with Crippen LogP contribution in [0.5, 0.6) is 0 Å². The average molecular weight is 285 g/mol. The predicted octanol–water partition coefficient (Wildman–Crippen LogP) is 2.65. The lowest BCUT2D eigenvalue weighted by Crippen LogP contribution is -1.97.